The first-order valence-corrected chi connectivity index (χ1v) is 11.1. The molecule has 0 aliphatic carbocycles. The molecule has 0 amide bonds. The van der Waals surface area contributed by atoms with Gasteiger partial charge in [-0.25, -0.2) is 0 Å². The summed E-state index contributed by atoms with van der Waals surface area (Å²) in [4.78, 5) is 0. The van der Waals surface area contributed by atoms with E-state index >= 15 is 26.3 Å². The molecule has 0 aliphatic rings. The number of hydrogen-bond acceptors (Lipinski definition) is 4. The number of hydrogen-bond donors (Lipinski definition) is 4. The van der Waals surface area contributed by atoms with Crippen LogP contribution in [-0.4, -0.2) is 32.8 Å². The van der Waals surface area contributed by atoms with E-state index < -0.39 is 68.4 Å². The van der Waals surface area contributed by atoms with Crippen LogP contribution in [0, 0.1) is 0 Å². The van der Waals surface area contributed by atoms with E-state index in [1.54, 1.807) is 0 Å². The molecule has 0 saturated heterocycles. The topological polar surface area (TPSA) is 80.9 Å². The minimum Gasteiger partial charge on any atom is -0.508 e. The Labute approximate surface area is 212 Å². The molecular weight excluding hydrogens is 514 g/mol. The highest BCUT2D eigenvalue weighted by molar-refractivity contribution is 5.60. The zero-order valence-electron chi connectivity index (χ0n) is 19.3. The van der Waals surface area contributed by atoms with Crippen molar-refractivity contribution < 1.29 is 46.8 Å². The van der Waals surface area contributed by atoms with Gasteiger partial charge in [-0.05, 0) is 70.8 Å². The average Bonchev–Trinajstić information content (AvgIpc) is 2.84. The maximum Gasteiger partial charge on any atom is 0.403 e. The van der Waals surface area contributed by atoms with Gasteiger partial charge in [-0.15, -0.1) is 0 Å². The largest absolute Gasteiger partial charge is 0.508 e. The summed E-state index contributed by atoms with van der Waals surface area (Å²) in [5, 5.41) is 39.2. The normalized spacial score (nSPS) is 12.9. The second-order valence-corrected chi connectivity index (χ2v) is 8.68. The molecule has 4 aromatic carbocycles. The number of alkyl halides is 6. The van der Waals surface area contributed by atoms with E-state index in [-0.39, 0.29) is 0 Å². The zero-order valence-corrected chi connectivity index (χ0v) is 19.3. The Bertz CT molecular complexity index is 1190. The van der Waals surface area contributed by atoms with Gasteiger partial charge in [0.1, 0.15) is 33.8 Å². The molecule has 10 heteroatoms. The summed E-state index contributed by atoms with van der Waals surface area (Å²) in [6.45, 7) is 0. The van der Waals surface area contributed by atoms with Gasteiger partial charge in [-0.1, -0.05) is 48.5 Å². The van der Waals surface area contributed by atoms with Crippen LogP contribution in [0.15, 0.2) is 97.1 Å². The Balaban J connectivity index is 2.36. The first-order valence-electron chi connectivity index (χ1n) is 11.1. The number of halogens is 6. The highest BCUT2D eigenvalue weighted by atomic mass is 19.4. The Hall–Kier alpha value is -4.34. The molecule has 4 N–H and O–H groups in total. The lowest BCUT2D eigenvalue weighted by molar-refractivity contribution is -0.261. The first-order chi connectivity index (χ1) is 17.7. The van der Waals surface area contributed by atoms with E-state index in [1.165, 1.54) is 0 Å². The maximum atomic E-state index is 15.8. The van der Waals surface area contributed by atoms with Crippen molar-refractivity contribution in [2.45, 2.75) is 23.2 Å². The van der Waals surface area contributed by atoms with E-state index in [0.717, 1.165) is 97.1 Å². The predicted molar refractivity (Wildman–Crippen MR) is 126 cm³/mol. The summed E-state index contributed by atoms with van der Waals surface area (Å²) in [5.74, 6) is -1.88. The van der Waals surface area contributed by atoms with Crippen molar-refractivity contribution in [3.05, 3.63) is 119 Å². The second kappa shape index (κ2) is 9.20. The van der Waals surface area contributed by atoms with Crippen LogP contribution in [0.2, 0.25) is 0 Å². The van der Waals surface area contributed by atoms with Crippen molar-refractivity contribution in [1.82, 2.24) is 0 Å². The highest BCUT2D eigenvalue weighted by Crippen LogP contribution is 2.66. The molecular formula is C28H20F6O4. The lowest BCUT2D eigenvalue weighted by atomic mass is 9.50. The molecule has 4 rings (SSSR count). The van der Waals surface area contributed by atoms with Gasteiger partial charge in [0.2, 0.25) is 0 Å². The van der Waals surface area contributed by atoms with Crippen LogP contribution >= 0.6 is 0 Å². The molecule has 0 bridgehead atoms. The molecule has 0 saturated carbocycles. The van der Waals surface area contributed by atoms with Gasteiger partial charge < -0.3 is 20.4 Å². The molecule has 0 aromatic heterocycles. The predicted octanol–water partition coefficient (Wildman–Crippen LogP) is 6.91. The molecule has 38 heavy (non-hydrogen) atoms. The Morgan fingerprint density at radius 2 is 0.474 bits per heavy atom. The smallest absolute Gasteiger partial charge is 0.403 e. The molecule has 0 heterocycles. The SMILES string of the molecule is Oc1ccc(C(c2ccc(O)cc2)(C(F)(F)F)C(c2ccc(O)cc2)(c2ccc(O)cc2)C(F)(F)F)cc1. The fourth-order valence-corrected chi connectivity index (χ4v) is 5.12. The van der Waals surface area contributed by atoms with E-state index in [2.05, 4.69) is 0 Å². The number of rotatable bonds is 5. The Morgan fingerprint density at radius 3 is 0.605 bits per heavy atom. The third-order valence-corrected chi connectivity index (χ3v) is 6.61. The highest BCUT2D eigenvalue weighted by Gasteiger charge is 2.78. The molecule has 0 spiro atoms. The quantitative estimate of drug-likeness (QED) is 0.210. The average molecular weight is 534 g/mol. The van der Waals surface area contributed by atoms with Crippen LogP contribution in [0.25, 0.3) is 0 Å². The summed E-state index contributed by atoms with van der Waals surface area (Å²) in [7, 11) is 0. The summed E-state index contributed by atoms with van der Waals surface area (Å²) in [6.07, 6.45) is -11.3. The van der Waals surface area contributed by atoms with Crippen molar-refractivity contribution in [1.29, 1.82) is 0 Å². The molecule has 198 valence electrons. The molecule has 0 radical (unpaired) electrons. The molecule has 0 atom stereocenters. The monoisotopic (exact) mass is 534 g/mol. The Morgan fingerprint density at radius 1 is 0.316 bits per heavy atom. The maximum absolute atomic E-state index is 15.8. The van der Waals surface area contributed by atoms with Crippen molar-refractivity contribution in [3.63, 3.8) is 0 Å². The van der Waals surface area contributed by atoms with Crippen LogP contribution in [0.5, 0.6) is 23.0 Å². The number of aromatic hydroxyl groups is 4. The summed E-state index contributed by atoms with van der Waals surface area (Å²) >= 11 is 0. The molecule has 4 aromatic rings. The third-order valence-electron chi connectivity index (χ3n) is 6.61. The zero-order chi connectivity index (χ0) is 27.9. The lowest BCUT2D eigenvalue weighted by Gasteiger charge is -2.53. The molecule has 0 fully saturated rings. The standard InChI is InChI=1S/C28H20F6O4/c29-27(30,31)25(17-1-9-21(35)10-2-17,18-3-11-22(36)12-4-18)26(28(32,33)34,19-5-13-23(37)14-6-19)20-7-15-24(38)16-8-20/h1-16,35-38H. The first kappa shape index (κ1) is 26.7. The van der Waals surface area contributed by atoms with Gasteiger partial charge in [0.05, 0.1) is 0 Å². The lowest BCUT2D eigenvalue weighted by Crippen LogP contribution is -2.66. The van der Waals surface area contributed by atoms with Crippen LogP contribution in [0.3, 0.4) is 0 Å². The fourth-order valence-electron chi connectivity index (χ4n) is 5.12. The molecule has 4 nitrogen and oxygen atoms in total. The van der Waals surface area contributed by atoms with E-state index in [4.69, 9.17) is 0 Å². The van der Waals surface area contributed by atoms with Crippen molar-refractivity contribution in [3.8, 4) is 23.0 Å². The third kappa shape index (κ3) is 3.96. The minimum atomic E-state index is -5.66. The van der Waals surface area contributed by atoms with Gasteiger partial charge in [0.15, 0.2) is 0 Å². The summed E-state index contributed by atoms with van der Waals surface area (Å²) < 4.78 is 94.7. The summed E-state index contributed by atoms with van der Waals surface area (Å²) in [6, 6.07) is 12.9. The van der Waals surface area contributed by atoms with Crippen LogP contribution in [-0.2, 0) is 10.8 Å². The minimum absolute atomic E-state index is 0.470. The van der Waals surface area contributed by atoms with Gasteiger partial charge in [-0.3, -0.25) is 0 Å². The van der Waals surface area contributed by atoms with Crippen LogP contribution in [0.1, 0.15) is 22.3 Å². The van der Waals surface area contributed by atoms with Crippen molar-refractivity contribution in [2.75, 3.05) is 0 Å². The van der Waals surface area contributed by atoms with E-state index in [1.807, 2.05) is 0 Å². The van der Waals surface area contributed by atoms with Gasteiger partial charge in [-0.2, -0.15) is 26.3 Å². The van der Waals surface area contributed by atoms with E-state index in [9.17, 15) is 20.4 Å². The Kier molecular flexibility index (Phi) is 6.47. The van der Waals surface area contributed by atoms with Gasteiger partial charge in [0, 0.05) is 0 Å². The van der Waals surface area contributed by atoms with Gasteiger partial charge >= 0.3 is 12.4 Å². The number of benzene rings is 4. The summed E-state index contributed by atoms with van der Waals surface area (Å²) in [5.41, 5.74) is -11.2. The van der Waals surface area contributed by atoms with Crippen LogP contribution in [0.4, 0.5) is 26.3 Å². The van der Waals surface area contributed by atoms with Crippen molar-refractivity contribution in [2.24, 2.45) is 0 Å². The molecule has 0 unspecified atom stereocenters. The second-order valence-electron chi connectivity index (χ2n) is 8.68. The number of phenols is 4. The van der Waals surface area contributed by atoms with Crippen molar-refractivity contribution >= 4 is 0 Å². The number of phenolic OH excluding ortho intramolecular Hbond substituents is 4. The molecule has 0 aliphatic heterocycles. The van der Waals surface area contributed by atoms with E-state index in [0.29, 0.717) is 0 Å². The van der Waals surface area contributed by atoms with Crippen LogP contribution < -0.4 is 0 Å². The fraction of sp³-hybridized carbons (Fsp3) is 0.143. The van der Waals surface area contributed by atoms with Gasteiger partial charge in [0.25, 0.3) is 0 Å².